The van der Waals surface area contributed by atoms with Gasteiger partial charge in [0.05, 0.1) is 25.4 Å². The quantitative estimate of drug-likeness (QED) is 0.775. The molecule has 1 aromatic heterocycles. The topological polar surface area (TPSA) is 69.4 Å². The highest BCUT2D eigenvalue weighted by Crippen LogP contribution is 2.39. The van der Waals surface area contributed by atoms with Gasteiger partial charge in [0.1, 0.15) is 12.7 Å². The molecule has 2 heterocycles. The first-order valence-electron chi connectivity index (χ1n) is 9.29. The van der Waals surface area contributed by atoms with Gasteiger partial charge in [-0.25, -0.2) is 9.67 Å². The lowest BCUT2D eigenvalue weighted by molar-refractivity contribution is -0.280. The molecule has 1 aliphatic heterocycles. The predicted octanol–water partition coefficient (Wildman–Crippen LogP) is 4.15. The first-order chi connectivity index (χ1) is 13.1. The van der Waals surface area contributed by atoms with Gasteiger partial charge in [0.2, 0.25) is 0 Å². The van der Waals surface area contributed by atoms with Crippen molar-refractivity contribution in [3.8, 4) is 0 Å². The highest BCUT2D eigenvalue weighted by Gasteiger charge is 2.45. The summed E-state index contributed by atoms with van der Waals surface area (Å²) in [5, 5.41) is 16.7. The van der Waals surface area contributed by atoms with E-state index in [1.54, 1.807) is 23.1 Å². The van der Waals surface area contributed by atoms with E-state index in [-0.39, 0.29) is 17.7 Å². The second kappa shape index (κ2) is 8.28. The molecule has 0 spiro atoms. The summed E-state index contributed by atoms with van der Waals surface area (Å²) in [6.45, 7) is 8.93. The predicted molar refractivity (Wildman–Crippen MR) is 108 cm³/mol. The lowest BCUT2D eigenvalue weighted by Crippen LogP contribution is -2.53. The fourth-order valence-electron chi connectivity index (χ4n) is 3.41. The van der Waals surface area contributed by atoms with Gasteiger partial charge in [-0.15, -0.1) is 0 Å². The number of rotatable bonds is 5. The molecular formula is C20H27Cl2N3O3. The van der Waals surface area contributed by atoms with Crippen LogP contribution in [0.25, 0.3) is 0 Å². The van der Waals surface area contributed by atoms with Gasteiger partial charge in [0.15, 0.2) is 6.29 Å². The number of aromatic nitrogens is 3. The largest absolute Gasteiger partial charge is 0.390 e. The van der Waals surface area contributed by atoms with Gasteiger partial charge in [-0.1, -0.05) is 57.0 Å². The molecule has 8 heteroatoms. The van der Waals surface area contributed by atoms with Crippen LogP contribution in [0.5, 0.6) is 0 Å². The van der Waals surface area contributed by atoms with Crippen molar-refractivity contribution in [1.82, 2.24) is 14.8 Å². The smallest absolute Gasteiger partial charge is 0.162 e. The van der Waals surface area contributed by atoms with E-state index >= 15 is 0 Å². The Morgan fingerprint density at radius 1 is 1.29 bits per heavy atom. The van der Waals surface area contributed by atoms with Crippen molar-refractivity contribution in [1.29, 1.82) is 0 Å². The lowest BCUT2D eigenvalue weighted by Gasteiger charge is -2.45. The number of nitrogens with zero attached hydrogens (tertiary/aromatic N) is 3. The Labute approximate surface area is 175 Å². The fraction of sp³-hybridized carbons (Fsp3) is 0.600. The Morgan fingerprint density at radius 3 is 2.50 bits per heavy atom. The van der Waals surface area contributed by atoms with Crippen LogP contribution < -0.4 is 0 Å². The second-order valence-corrected chi connectivity index (χ2v) is 9.65. The van der Waals surface area contributed by atoms with E-state index in [4.69, 9.17) is 32.7 Å². The molecule has 0 bridgehead atoms. The van der Waals surface area contributed by atoms with Crippen molar-refractivity contribution in [2.75, 3.05) is 13.2 Å². The number of aliphatic hydroxyl groups excluding tert-OH is 1. The number of benzene rings is 1. The molecule has 3 rings (SSSR count). The minimum Gasteiger partial charge on any atom is -0.390 e. The van der Waals surface area contributed by atoms with E-state index in [1.807, 2.05) is 13.0 Å². The summed E-state index contributed by atoms with van der Waals surface area (Å²) in [5.41, 5.74) is 0.144. The molecular weight excluding hydrogens is 401 g/mol. The first kappa shape index (κ1) is 21.5. The van der Waals surface area contributed by atoms with Gasteiger partial charge >= 0.3 is 0 Å². The van der Waals surface area contributed by atoms with Crippen molar-refractivity contribution < 1.29 is 14.6 Å². The summed E-state index contributed by atoms with van der Waals surface area (Å²) in [6, 6.07) is 4.97. The van der Waals surface area contributed by atoms with Crippen LogP contribution >= 0.6 is 23.2 Å². The van der Waals surface area contributed by atoms with Crippen LogP contribution in [-0.4, -0.2) is 45.5 Å². The third-order valence-corrected chi connectivity index (χ3v) is 5.72. The number of halogens is 2. The van der Waals surface area contributed by atoms with Crippen molar-refractivity contribution >= 4 is 23.2 Å². The van der Waals surface area contributed by atoms with Crippen molar-refractivity contribution in [2.45, 2.75) is 52.6 Å². The number of hydrogen-bond donors (Lipinski definition) is 1. The molecule has 2 unspecified atom stereocenters. The highest BCUT2D eigenvalue weighted by molar-refractivity contribution is 6.35. The standard InChI is InChI=1S/C20H27Cl2N3O3/c1-19(2,3)18-27-9-20(4,10-28-18)17(26)16(25-12-23-11-24-25)7-13-5-6-14(21)8-15(13)22/h5-6,8,11-12,16-18,26H,7,9-10H2,1-4H3. The van der Waals surface area contributed by atoms with E-state index in [9.17, 15) is 5.11 Å². The summed E-state index contributed by atoms with van der Waals surface area (Å²) < 4.78 is 13.6. The molecule has 2 aromatic rings. The maximum Gasteiger partial charge on any atom is 0.162 e. The van der Waals surface area contributed by atoms with Crippen LogP contribution in [0.15, 0.2) is 30.9 Å². The average molecular weight is 428 g/mol. The van der Waals surface area contributed by atoms with Crippen molar-refractivity contribution in [2.24, 2.45) is 10.8 Å². The maximum atomic E-state index is 11.3. The minimum absolute atomic E-state index is 0.131. The minimum atomic E-state index is -0.790. The number of aliphatic hydroxyl groups is 1. The normalized spacial score (nSPS) is 25.5. The fourth-order valence-corrected chi connectivity index (χ4v) is 3.89. The zero-order valence-corrected chi connectivity index (χ0v) is 18.1. The molecule has 0 aliphatic carbocycles. The molecule has 6 nitrogen and oxygen atoms in total. The van der Waals surface area contributed by atoms with Gasteiger partial charge in [-0.2, -0.15) is 5.10 Å². The van der Waals surface area contributed by atoms with Gasteiger partial charge in [-0.3, -0.25) is 0 Å². The molecule has 28 heavy (non-hydrogen) atoms. The summed E-state index contributed by atoms with van der Waals surface area (Å²) in [4.78, 5) is 4.04. The second-order valence-electron chi connectivity index (χ2n) is 8.80. The molecule has 1 aromatic carbocycles. The zero-order chi connectivity index (χ0) is 20.5. The Hall–Kier alpha value is -1.18. The van der Waals surface area contributed by atoms with Crippen molar-refractivity contribution in [3.63, 3.8) is 0 Å². The van der Waals surface area contributed by atoms with Crippen LogP contribution in [-0.2, 0) is 15.9 Å². The Kier molecular flexibility index (Phi) is 6.37. The first-order valence-corrected chi connectivity index (χ1v) is 10.0. The van der Waals surface area contributed by atoms with E-state index in [1.165, 1.54) is 6.33 Å². The van der Waals surface area contributed by atoms with Gasteiger partial charge in [-0.05, 0) is 24.1 Å². The Balaban J connectivity index is 1.83. The number of hydrogen-bond acceptors (Lipinski definition) is 5. The van der Waals surface area contributed by atoms with Crippen molar-refractivity contribution in [3.05, 3.63) is 46.5 Å². The molecule has 1 aliphatic rings. The summed E-state index contributed by atoms with van der Waals surface area (Å²) in [5.74, 6) is 0. The monoisotopic (exact) mass is 427 g/mol. The molecule has 1 saturated heterocycles. The van der Waals surface area contributed by atoms with Crippen LogP contribution in [0.1, 0.15) is 39.3 Å². The maximum absolute atomic E-state index is 11.3. The Morgan fingerprint density at radius 2 is 1.96 bits per heavy atom. The van der Waals surface area contributed by atoms with Crippen LogP contribution in [0.4, 0.5) is 0 Å². The lowest BCUT2D eigenvalue weighted by atomic mass is 9.79. The molecule has 154 valence electrons. The van der Waals surface area contributed by atoms with Crippen LogP contribution in [0.3, 0.4) is 0 Å². The summed E-state index contributed by atoms with van der Waals surface area (Å²) in [7, 11) is 0. The van der Waals surface area contributed by atoms with E-state index < -0.39 is 11.5 Å². The SMILES string of the molecule is CC(C)(C)C1OCC(C)(C(O)C(Cc2ccc(Cl)cc2Cl)n2cncn2)CO1. The van der Waals surface area contributed by atoms with E-state index in [0.29, 0.717) is 29.7 Å². The van der Waals surface area contributed by atoms with E-state index in [2.05, 4.69) is 30.9 Å². The zero-order valence-electron chi connectivity index (χ0n) is 16.6. The van der Waals surface area contributed by atoms with Crippen LogP contribution in [0, 0.1) is 10.8 Å². The molecule has 2 atom stereocenters. The van der Waals surface area contributed by atoms with Gasteiger partial charge in [0, 0.05) is 20.9 Å². The van der Waals surface area contributed by atoms with E-state index in [0.717, 1.165) is 5.56 Å². The highest BCUT2D eigenvalue weighted by atomic mass is 35.5. The average Bonchev–Trinajstić information content (AvgIpc) is 3.14. The molecule has 1 N–H and O–H groups in total. The van der Waals surface area contributed by atoms with Gasteiger partial charge in [0.25, 0.3) is 0 Å². The van der Waals surface area contributed by atoms with Crippen LogP contribution in [0.2, 0.25) is 10.0 Å². The third-order valence-electron chi connectivity index (χ3n) is 5.14. The molecule has 0 saturated carbocycles. The summed E-state index contributed by atoms with van der Waals surface area (Å²) in [6.07, 6.45) is 2.43. The Bertz CT molecular complexity index is 784. The molecule has 1 fully saturated rings. The third kappa shape index (κ3) is 4.69. The molecule has 0 radical (unpaired) electrons. The van der Waals surface area contributed by atoms with Gasteiger partial charge < -0.3 is 14.6 Å². The molecule has 0 amide bonds. The summed E-state index contributed by atoms with van der Waals surface area (Å²) >= 11 is 12.4. The number of ether oxygens (including phenoxy) is 2.